The number of hydrogen-bond donors (Lipinski definition) is 0. The minimum atomic E-state index is 0.163. The summed E-state index contributed by atoms with van der Waals surface area (Å²) < 4.78 is 6.22. The molecule has 40 heavy (non-hydrogen) atoms. The van der Waals surface area contributed by atoms with Gasteiger partial charge in [-0.1, -0.05) is 181 Å². The van der Waals surface area contributed by atoms with Gasteiger partial charge in [-0.3, -0.25) is 4.99 Å². The predicted octanol–water partition coefficient (Wildman–Crippen LogP) is 12.1. The van der Waals surface area contributed by atoms with Crippen LogP contribution in [0.4, 0.5) is 0 Å². The lowest BCUT2D eigenvalue weighted by Crippen LogP contribution is -2.37. The van der Waals surface area contributed by atoms with Crippen molar-refractivity contribution in [2.24, 2.45) is 4.99 Å². The first-order valence-corrected chi connectivity index (χ1v) is 18.7. The van der Waals surface area contributed by atoms with E-state index in [1.807, 2.05) is 0 Å². The van der Waals surface area contributed by atoms with Gasteiger partial charge in [0.15, 0.2) is 0 Å². The van der Waals surface area contributed by atoms with Gasteiger partial charge in [-0.05, 0) is 19.8 Å². The topological polar surface area (TPSA) is 24.8 Å². The minimum Gasteiger partial charge on any atom is -0.371 e. The average molecular weight is 563 g/mol. The molecule has 1 rings (SSSR count). The van der Waals surface area contributed by atoms with E-state index >= 15 is 0 Å². The maximum Gasteiger partial charge on any atom is 0.128 e. The van der Waals surface area contributed by atoms with E-state index in [0.29, 0.717) is 0 Å². The lowest BCUT2D eigenvalue weighted by Gasteiger charge is -2.24. The fourth-order valence-electron chi connectivity index (χ4n) is 6.24. The molecule has 0 saturated carbocycles. The summed E-state index contributed by atoms with van der Waals surface area (Å²) in [5.41, 5.74) is 0. The summed E-state index contributed by atoms with van der Waals surface area (Å²) in [6.45, 7) is 10.9. The fraction of sp³-hybridized carbons (Fsp3) is 0.973. The standard InChI is InChI=1S/C37H74N2O/c1-4-6-8-10-12-14-16-18-19-20-21-23-25-27-29-31-35-40-36(3)37-38-32-34-39(37)33-30-28-26-24-22-17-15-13-11-9-7-5-2/h36H,4-35H2,1-3H3. The van der Waals surface area contributed by atoms with Gasteiger partial charge < -0.3 is 9.64 Å². The van der Waals surface area contributed by atoms with E-state index in [-0.39, 0.29) is 6.10 Å². The molecule has 0 aromatic rings. The summed E-state index contributed by atoms with van der Waals surface area (Å²) in [7, 11) is 0. The van der Waals surface area contributed by atoms with Crippen molar-refractivity contribution in [3.05, 3.63) is 0 Å². The number of unbranched alkanes of at least 4 members (excludes halogenated alkanes) is 26. The SMILES string of the molecule is CCCCCCCCCCCCCCCCCCOC(C)C1=NCCN1CCCCCCCCCCCCCC. The molecule has 0 amide bonds. The quantitative estimate of drug-likeness (QED) is 0.0761. The highest BCUT2D eigenvalue weighted by Gasteiger charge is 2.22. The first kappa shape index (κ1) is 37.5. The van der Waals surface area contributed by atoms with Crippen LogP contribution in [0.2, 0.25) is 0 Å². The Bertz CT molecular complexity index is 534. The second kappa shape index (κ2) is 29.9. The number of ether oxygens (including phenoxy) is 1. The molecule has 1 unspecified atom stereocenters. The Morgan fingerprint density at radius 1 is 0.525 bits per heavy atom. The fourth-order valence-corrected chi connectivity index (χ4v) is 6.24. The van der Waals surface area contributed by atoms with Gasteiger partial charge in [-0.25, -0.2) is 0 Å². The molecular formula is C37H74N2O. The molecule has 0 aliphatic carbocycles. The van der Waals surface area contributed by atoms with Crippen LogP contribution in [0.3, 0.4) is 0 Å². The molecule has 0 spiro atoms. The third-order valence-electron chi connectivity index (χ3n) is 8.98. The van der Waals surface area contributed by atoms with E-state index < -0.39 is 0 Å². The molecule has 0 fully saturated rings. The van der Waals surface area contributed by atoms with Crippen molar-refractivity contribution in [1.29, 1.82) is 0 Å². The molecule has 0 N–H and O–H groups in total. The van der Waals surface area contributed by atoms with Crippen LogP contribution in [0.25, 0.3) is 0 Å². The second-order valence-corrected chi connectivity index (χ2v) is 12.9. The second-order valence-electron chi connectivity index (χ2n) is 12.9. The van der Waals surface area contributed by atoms with Crippen molar-refractivity contribution in [3.8, 4) is 0 Å². The molecule has 0 aromatic carbocycles. The normalized spacial score (nSPS) is 14.3. The van der Waals surface area contributed by atoms with Crippen molar-refractivity contribution >= 4 is 5.84 Å². The molecule has 1 aliphatic heterocycles. The number of rotatable bonds is 32. The summed E-state index contributed by atoms with van der Waals surface area (Å²) >= 11 is 0. The van der Waals surface area contributed by atoms with E-state index in [0.717, 1.165) is 19.7 Å². The minimum absolute atomic E-state index is 0.163. The van der Waals surface area contributed by atoms with Gasteiger partial charge >= 0.3 is 0 Å². The van der Waals surface area contributed by atoms with Gasteiger partial charge in [-0.2, -0.15) is 0 Å². The predicted molar refractivity (Wildman–Crippen MR) is 180 cm³/mol. The van der Waals surface area contributed by atoms with Crippen LogP contribution in [0.1, 0.15) is 201 Å². The van der Waals surface area contributed by atoms with E-state index in [2.05, 4.69) is 25.7 Å². The summed E-state index contributed by atoms with van der Waals surface area (Å²) in [5, 5.41) is 0. The van der Waals surface area contributed by atoms with Gasteiger partial charge in [-0.15, -0.1) is 0 Å². The first-order valence-electron chi connectivity index (χ1n) is 18.7. The van der Waals surface area contributed by atoms with Crippen molar-refractivity contribution in [3.63, 3.8) is 0 Å². The molecule has 1 aliphatic rings. The van der Waals surface area contributed by atoms with Crippen LogP contribution in [-0.4, -0.2) is 43.1 Å². The van der Waals surface area contributed by atoms with Crippen LogP contribution < -0.4 is 0 Å². The van der Waals surface area contributed by atoms with Gasteiger partial charge in [0, 0.05) is 19.7 Å². The van der Waals surface area contributed by atoms with Crippen molar-refractivity contribution in [1.82, 2.24) is 4.90 Å². The summed E-state index contributed by atoms with van der Waals surface area (Å²) in [6, 6.07) is 0. The molecular weight excluding hydrogens is 488 g/mol. The monoisotopic (exact) mass is 563 g/mol. The highest BCUT2D eigenvalue weighted by atomic mass is 16.5. The van der Waals surface area contributed by atoms with Crippen molar-refractivity contribution < 1.29 is 4.74 Å². The molecule has 0 radical (unpaired) electrons. The molecule has 3 heteroatoms. The zero-order valence-electron chi connectivity index (χ0n) is 28.0. The third-order valence-corrected chi connectivity index (χ3v) is 8.98. The van der Waals surface area contributed by atoms with Crippen molar-refractivity contribution in [2.75, 3.05) is 26.2 Å². The van der Waals surface area contributed by atoms with E-state index in [9.17, 15) is 0 Å². The van der Waals surface area contributed by atoms with Gasteiger partial charge in [0.1, 0.15) is 11.9 Å². The Morgan fingerprint density at radius 2 is 0.875 bits per heavy atom. The van der Waals surface area contributed by atoms with Crippen LogP contribution in [-0.2, 0) is 4.74 Å². The average Bonchev–Trinajstić information content (AvgIpc) is 3.44. The van der Waals surface area contributed by atoms with Crippen molar-refractivity contribution in [2.45, 2.75) is 207 Å². The van der Waals surface area contributed by atoms with Crippen LogP contribution >= 0.6 is 0 Å². The number of nitrogens with zero attached hydrogens (tertiary/aromatic N) is 2. The van der Waals surface area contributed by atoms with E-state index in [1.54, 1.807) is 0 Å². The Labute approximate surface area is 253 Å². The van der Waals surface area contributed by atoms with Gasteiger partial charge in [0.05, 0.1) is 6.54 Å². The smallest absolute Gasteiger partial charge is 0.128 e. The zero-order chi connectivity index (χ0) is 28.8. The Morgan fingerprint density at radius 3 is 1.27 bits per heavy atom. The van der Waals surface area contributed by atoms with Gasteiger partial charge in [0.25, 0.3) is 0 Å². The molecule has 0 bridgehead atoms. The summed E-state index contributed by atoms with van der Waals surface area (Å²) in [6.07, 6.45) is 39.8. The maximum absolute atomic E-state index is 6.22. The third kappa shape index (κ3) is 23.0. The zero-order valence-corrected chi connectivity index (χ0v) is 28.0. The highest BCUT2D eigenvalue weighted by Crippen LogP contribution is 2.16. The first-order chi connectivity index (χ1) is 19.8. The Kier molecular flexibility index (Phi) is 28.0. The number of hydrogen-bond acceptors (Lipinski definition) is 3. The highest BCUT2D eigenvalue weighted by molar-refractivity contribution is 5.87. The summed E-state index contributed by atoms with van der Waals surface area (Å²) in [5.74, 6) is 1.22. The molecule has 238 valence electrons. The molecule has 3 nitrogen and oxygen atoms in total. The Hall–Kier alpha value is -0.570. The molecule has 0 aromatic heterocycles. The van der Waals surface area contributed by atoms with E-state index in [4.69, 9.17) is 9.73 Å². The van der Waals surface area contributed by atoms with E-state index in [1.165, 1.54) is 192 Å². The lowest BCUT2D eigenvalue weighted by molar-refractivity contribution is 0.0982. The molecule has 1 heterocycles. The lowest BCUT2D eigenvalue weighted by atomic mass is 10.0. The molecule has 0 saturated heterocycles. The summed E-state index contributed by atoms with van der Waals surface area (Å²) in [4.78, 5) is 7.31. The van der Waals surface area contributed by atoms with Gasteiger partial charge in [0.2, 0.25) is 0 Å². The van der Waals surface area contributed by atoms with Crippen LogP contribution in [0, 0.1) is 0 Å². The van der Waals surface area contributed by atoms with Crippen LogP contribution in [0.5, 0.6) is 0 Å². The molecule has 1 atom stereocenters. The Balaban J connectivity index is 1.86. The largest absolute Gasteiger partial charge is 0.371 e. The maximum atomic E-state index is 6.22. The van der Waals surface area contributed by atoms with Crippen LogP contribution in [0.15, 0.2) is 4.99 Å². The number of amidine groups is 1. The number of aliphatic imine (C=N–C) groups is 1.